The van der Waals surface area contributed by atoms with E-state index in [0.29, 0.717) is 57.6 Å². The molecule has 0 saturated carbocycles. The van der Waals surface area contributed by atoms with Gasteiger partial charge in [0.05, 0.1) is 41.3 Å². The van der Waals surface area contributed by atoms with Crippen LogP contribution in [0.15, 0.2) is 118 Å². The summed E-state index contributed by atoms with van der Waals surface area (Å²) < 4.78 is 11.1. The normalized spacial score (nSPS) is 22.6. The molecule has 0 amide bonds. The fourth-order valence-electron chi connectivity index (χ4n) is 10.4. The van der Waals surface area contributed by atoms with Crippen LogP contribution in [0.4, 0.5) is 0 Å². The lowest BCUT2D eigenvalue weighted by atomic mass is 9.84. The molecular formula is C55H74N4O6. The second kappa shape index (κ2) is 21.5. The first-order chi connectivity index (χ1) is 30.9. The number of hydrogen-bond donors (Lipinski definition) is 2. The van der Waals surface area contributed by atoms with Crippen LogP contribution in [0.5, 0.6) is 0 Å². The van der Waals surface area contributed by atoms with Crippen molar-refractivity contribution in [3.05, 3.63) is 103 Å². The summed E-state index contributed by atoms with van der Waals surface area (Å²) in [5.41, 5.74) is 11.7. The van der Waals surface area contributed by atoms with Crippen molar-refractivity contribution >= 4 is 34.9 Å². The monoisotopic (exact) mass is 887 g/mol. The van der Waals surface area contributed by atoms with Gasteiger partial charge < -0.3 is 19.9 Å². The van der Waals surface area contributed by atoms with Crippen LogP contribution < -0.4 is 5.32 Å². The summed E-state index contributed by atoms with van der Waals surface area (Å²) in [5.74, 6) is -0.366. The van der Waals surface area contributed by atoms with E-state index >= 15 is 0 Å². The highest BCUT2D eigenvalue weighted by molar-refractivity contribution is 6.24. The Labute approximate surface area is 388 Å². The topological polar surface area (TPSA) is 139 Å². The predicted molar refractivity (Wildman–Crippen MR) is 262 cm³/mol. The number of aliphatic imine (C=N–C) groups is 3. The summed E-state index contributed by atoms with van der Waals surface area (Å²) in [4.78, 5) is 55.5. The molecule has 0 spiro atoms. The van der Waals surface area contributed by atoms with Gasteiger partial charge in [-0.25, -0.2) is 15.0 Å². The quantitative estimate of drug-likeness (QED) is 0.0916. The number of aliphatic hydroxyl groups excluding tert-OH is 1. The SMILES string of the molecule is CCC1=C(C)C2=NC1=CC1=C(C)C3=C(O)C(C(=O)OC)C(=C4NC(=CC5=NC(=C2)C(C(C)=O)=C5C)C(C)C4CCC(=O)OCC=C(C)CCCC(C)CCCC(C)CCCC(C)C)C3=N1. The Hall–Kier alpha value is -5.12. The molecule has 5 unspecified atom stereocenters. The number of rotatable bonds is 20. The number of allylic oxidation sites excluding steroid dienone is 12. The molecule has 5 atom stereocenters. The molecule has 10 nitrogen and oxygen atoms in total. The molecule has 350 valence electrons. The van der Waals surface area contributed by atoms with Crippen LogP contribution in [-0.4, -0.2) is 53.7 Å². The van der Waals surface area contributed by atoms with Crippen molar-refractivity contribution in [1.82, 2.24) is 5.32 Å². The van der Waals surface area contributed by atoms with Crippen LogP contribution in [0.1, 0.15) is 153 Å². The molecule has 1 fully saturated rings. The predicted octanol–water partition coefficient (Wildman–Crippen LogP) is 12.4. The highest BCUT2D eigenvalue weighted by Crippen LogP contribution is 2.49. The van der Waals surface area contributed by atoms with Gasteiger partial charge in [0.2, 0.25) is 0 Å². The van der Waals surface area contributed by atoms with Crippen LogP contribution in [0.2, 0.25) is 0 Å². The van der Waals surface area contributed by atoms with E-state index in [-0.39, 0.29) is 42.4 Å². The second-order valence-electron chi connectivity index (χ2n) is 19.8. The van der Waals surface area contributed by atoms with E-state index < -0.39 is 11.9 Å². The maximum atomic E-state index is 13.6. The lowest BCUT2D eigenvalue weighted by Crippen LogP contribution is -2.25. The first-order valence-electron chi connectivity index (χ1n) is 24.3. The lowest BCUT2D eigenvalue weighted by molar-refractivity contribution is -0.144. The van der Waals surface area contributed by atoms with E-state index in [4.69, 9.17) is 24.5 Å². The molecule has 1 saturated heterocycles. The molecule has 5 heterocycles. The second-order valence-corrected chi connectivity index (χ2v) is 19.8. The molecule has 2 N–H and O–H groups in total. The van der Waals surface area contributed by atoms with E-state index in [0.717, 1.165) is 70.5 Å². The average Bonchev–Trinajstić information content (AvgIpc) is 4.00. The van der Waals surface area contributed by atoms with Crippen molar-refractivity contribution in [2.75, 3.05) is 13.7 Å². The minimum absolute atomic E-state index is 0.0883. The van der Waals surface area contributed by atoms with Crippen molar-refractivity contribution in [1.29, 1.82) is 0 Å². The zero-order chi connectivity index (χ0) is 47.3. The number of fused-ring (bicyclic) bond motifs is 5. The summed E-state index contributed by atoms with van der Waals surface area (Å²) >= 11 is 0. The lowest BCUT2D eigenvalue weighted by Gasteiger charge is -2.20. The van der Waals surface area contributed by atoms with E-state index in [1.807, 2.05) is 45.1 Å². The molecule has 1 aliphatic carbocycles. The Morgan fingerprint density at radius 2 is 1.48 bits per heavy atom. The third-order valence-corrected chi connectivity index (χ3v) is 14.4. The Morgan fingerprint density at radius 1 is 0.831 bits per heavy atom. The summed E-state index contributed by atoms with van der Waals surface area (Å²) in [6.07, 6.45) is 20.3. The standard InChI is InChI=1S/C55H74N4O6/c1-13-39-34(7)41-29-46-48(38(11)60)36(9)43(57-46)27-42-35(8)40(52(58-42)50-51(55(63)64-12)54(62)49-37(10)44(59-53(49)50)28-45(39)56-41)23-24-47(61)65-26-25-33(6)22-16-21-32(5)20-15-19-31(4)18-14-17-30(2)3/h25,27-32,35,40,51,58,62H,13-24,26H2,1-12H3. The molecule has 0 radical (unpaired) electrons. The highest BCUT2D eigenvalue weighted by Gasteiger charge is 2.49. The van der Waals surface area contributed by atoms with Gasteiger partial charge in [-0.1, -0.05) is 92.1 Å². The molecule has 0 aromatic rings. The van der Waals surface area contributed by atoms with Crippen LogP contribution in [0.3, 0.4) is 0 Å². The fraction of sp³-hybridized carbons (Fsp3) is 0.564. The third kappa shape index (κ3) is 11.0. The van der Waals surface area contributed by atoms with Gasteiger partial charge >= 0.3 is 11.9 Å². The van der Waals surface area contributed by atoms with E-state index in [2.05, 4.69) is 53.8 Å². The Bertz CT molecular complexity index is 2350. The van der Waals surface area contributed by atoms with Gasteiger partial charge in [0.1, 0.15) is 18.3 Å². The van der Waals surface area contributed by atoms with Crippen LogP contribution >= 0.6 is 0 Å². The van der Waals surface area contributed by atoms with Gasteiger partial charge in [-0.3, -0.25) is 14.4 Å². The number of nitrogens with one attached hydrogen (secondary N) is 1. The maximum Gasteiger partial charge on any atom is 0.321 e. The molecule has 8 bridgehead atoms. The zero-order valence-corrected chi connectivity index (χ0v) is 41.3. The number of hydrogen-bond acceptors (Lipinski definition) is 10. The number of carbonyl (C=O) groups excluding carboxylic acids is 3. The number of Topliss-reactive ketones (excluding diaryl/α,β-unsaturated/α-hetero) is 1. The average molecular weight is 887 g/mol. The number of methoxy groups -OCH3 is 1. The molecule has 10 heteroatoms. The van der Waals surface area contributed by atoms with E-state index in [1.54, 1.807) is 6.92 Å². The van der Waals surface area contributed by atoms with Gasteiger partial charge in [-0.15, -0.1) is 0 Å². The van der Waals surface area contributed by atoms with Gasteiger partial charge in [0.25, 0.3) is 0 Å². The molecule has 0 aromatic carbocycles. The smallest absolute Gasteiger partial charge is 0.321 e. The molecule has 65 heavy (non-hydrogen) atoms. The van der Waals surface area contributed by atoms with Crippen molar-refractivity contribution in [2.24, 2.45) is 50.5 Å². The molecule has 6 aliphatic rings. The van der Waals surface area contributed by atoms with Crippen molar-refractivity contribution < 1.29 is 29.0 Å². The number of ketones is 1. The number of ether oxygens (including phenoxy) is 2. The maximum absolute atomic E-state index is 13.6. The van der Waals surface area contributed by atoms with Gasteiger partial charge in [0.15, 0.2) is 5.78 Å². The van der Waals surface area contributed by atoms with Crippen molar-refractivity contribution in [3.8, 4) is 0 Å². The van der Waals surface area contributed by atoms with Gasteiger partial charge in [-0.2, -0.15) is 0 Å². The zero-order valence-electron chi connectivity index (χ0n) is 41.3. The van der Waals surface area contributed by atoms with E-state index in [9.17, 15) is 19.5 Å². The molecule has 0 aromatic heterocycles. The largest absolute Gasteiger partial charge is 0.510 e. The Kier molecular flexibility index (Phi) is 16.3. The van der Waals surface area contributed by atoms with Crippen molar-refractivity contribution in [2.45, 2.75) is 153 Å². The number of esters is 2. The fourth-order valence-corrected chi connectivity index (χ4v) is 10.4. The molecule has 6 rings (SSSR count). The summed E-state index contributed by atoms with van der Waals surface area (Å²) in [5, 5.41) is 15.6. The number of aliphatic hydroxyl groups is 1. The minimum atomic E-state index is -1.11. The number of carbonyl (C=O) groups is 3. The first kappa shape index (κ1) is 49.3. The van der Waals surface area contributed by atoms with Gasteiger partial charge in [0, 0.05) is 46.4 Å². The van der Waals surface area contributed by atoms with Crippen molar-refractivity contribution in [3.63, 3.8) is 0 Å². The van der Waals surface area contributed by atoms with Crippen LogP contribution in [0, 0.1) is 35.5 Å². The summed E-state index contributed by atoms with van der Waals surface area (Å²) in [7, 11) is 1.32. The molecule has 5 aliphatic heterocycles. The number of nitrogens with zero attached hydrogens (tertiary/aromatic N) is 3. The van der Waals surface area contributed by atoms with E-state index in [1.165, 1.54) is 57.6 Å². The van der Waals surface area contributed by atoms with Crippen LogP contribution in [0.25, 0.3) is 0 Å². The first-order valence-corrected chi connectivity index (χ1v) is 24.3. The van der Waals surface area contributed by atoms with Crippen LogP contribution in [-0.2, 0) is 23.9 Å². The Morgan fingerprint density at radius 3 is 2.12 bits per heavy atom. The van der Waals surface area contributed by atoms with Gasteiger partial charge in [-0.05, 0) is 125 Å². The summed E-state index contributed by atoms with van der Waals surface area (Å²) in [6.45, 7) is 23.3. The summed E-state index contributed by atoms with van der Waals surface area (Å²) in [6, 6.07) is 0. The minimum Gasteiger partial charge on any atom is -0.510 e. The Balaban J connectivity index is 1.21. The molecular weight excluding hydrogens is 813 g/mol. The third-order valence-electron chi connectivity index (χ3n) is 14.4. The highest BCUT2D eigenvalue weighted by atomic mass is 16.5.